The number of carbonyl (C=O) groups excluding carboxylic acids is 2. The van der Waals surface area contributed by atoms with Crippen LogP contribution in [0.1, 0.15) is 51.4 Å². The average Bonchev–Trinajstić information content (AvgIpc) is 3.27. The molecule has 1 aliphatic rings. The van der Waals surface area contributed by atoms with Crippen molar-refractivity contribution in [3.8, 4) is 5.75 Å². The fourth-order valence-electron chi connectivity index (χ4n) is 4.85. The second-order valence-corrected chi connectivity index (χ2v) is 9.47. The number of piperidine rings is 1. The molecule has 37 heavy (non-hydrogen) atoms. The number of aromatic nitrogens is 1. The molecule has 1 saturated heterocycles. The molecule has 0 bridgehead atoms. The summed E-state index contributed by atoms with van der Waals surface area (Å²) in [6, 6.07) is 13.3. The summed E-state index contributed by atoms with van der Waals surface area (Å²) in [5.74, 6) is 0.259. The first-order valence-corrected chi connectivity index (χ1v) is 12.1. The molecule has 0 atom stereocenters. The summed E-state index contributed by atoms with van der Waals surface area (Å²) < 4.78 is 46.5. The lowest BCUT2D eigenvalue weighted by Crippen LogP contribution is -2.38. The molecule has 0 radical (unpaired) electrons. The minimum atomic E-state index is -4.57. The number of hydrogen-bond donors (Lipinski definition) is 1. The lowest BCUT2D eigenvalue weighted by atomic mass is 9.89. The normalized spacial score (nSPS) is 14.5. The van der Waals surface area contributed by atoms with Gasteiger partial charge in [-0.3, -0.25) is 9.59 Å². The third-order valence-electron chi connectivity index (χ3n) is 6.76. The van der Waals surface area contributed by atoms with Crippen molar-refractivity contribution in [3.63, 3.8) is 0 Å². The Balaban J connectivity index is 1.32. The Labute approximate surface area is 214 Å². The zero-order valence-electron chi connectivity index (χ0n) is 21.1. The molecule has 196 valence electrons. The molecular weight excluding hydrogens is 483 g/mol. The molecule has 0 spiro atoms. The number of aryl methyl sites for hydroxylation is 2. The van der Waals surface area contributed by atoms with Crippen LogP contribution in [0.15, 0.2) is 54.9 Å². The zero-order valence-corrected chi connectivity index (χ0v) is 21.1. The number of likely N-dealkylation sites (tertiary alicyclic amines) is 1. The van der Waals surface area contributed by atoms with Crippen LogP contribution in [0.3, 0.4) is 0 Å². The highest BCUT2D eigenvalue weighted by Gasteiger charge is 2.38. The number of amides is 2. The highest BCUT2D eigenvalue weighted by atomic mass is 19.4. The second kappa shape index (κ2) is 10.7. The van der Waals surface area contributed by atoms with E-state index in [4.69, 9.17) is 4.74 Å². The van der Waals surface area contributed by atoms with Crippen LogP contribution in [0.2, 0.25) is 0 Å². The van der Waals surface area contributed by atoms with E-state index >= 15 is 0 Å². The van der Waals surface area contributed by atoms with Crippen LogP contribution in [-0.4, -0.2) is 41.5 Å². The summed E-state index contributed by atoms with van der Waals surface area (Å²) >= 11 is 0. The van der Waals surface area contributed by atoms with Gasteiger partial charge in [-0.25, -0.2) is 0 Å². The summed E-state index contributed by atoms with van der Waals surface area (Å²) in [5, 5.41) is 2.91. The number of benzene rings is 2. The van der Waals surface area contributed by atoms with E-state index in [1.165, 1.54) is 22.7 Å². The SMILES string of the molecule is COc1ccc(CC(=O)Nc2ccc(C3CCN(C(=O)c4cn(C)cc4C(F)(F)F)CC3)cc2)cc1C. The fourth-order valence-corrected chi connectivity index (χ4v) is 4.85. The van der Waals surface area contributed by atoms with E-state index in [0.29, 0.717) is 31.6 Å². The fraction of sp³-hybridized carbons (Fsp3) is 0.357. The van der Waals surface area contributed by atoms with Crippen molar-refractivity contribution in [2.24, 2.45) is 7.05 Å². The molecule has 1 aromatic heterocycles. The molecule has 2 heterocycles. The van der Waals surface area contributed by atoms with Gasteiger partial charge >= 0.3 is 6.18 Å². The Morgan fingerprint density at radius 1 is 1.05 bits per heavy atom. The lowest BCUT2D eigenvalue weighted by Gasteiger charge is -2.32. The lowest BCUT2D eigenvalue weighted by molar-refractivity contribution is -0.138. The summed E-state index contributed by atoms with van der Waals surface area (Å²) in [6.45, 7) is 2.70. The number of ether oxygens (including phenoxy) is 1. The number of nitrogens with zero attached hydrogens (tertiary/aromatic N) is 2. The van der Waals surface area contributed by atoms with E-state index in [1.54, 1.807) is 7.11 Å². The van der Waals surface area contributed by atoms with Crippen LogP contribution in [0.4, 0.5) is 18.9 Å². The number of carbonyl (C=O) groups is 2. The maximum atomic E-state index is 13.3. The van der Waals surface area contributed by atoms with E-state index in [9.17, 15) is 22.8 Å². The van der Waals surface area contributed by atoms with Crippen LogP contribution < -0.4 is 10.1 Å². The third kappa shape index (κ3) is 6.15. The molecule has 4 rings (SSSR count). The van der Waals surface area contributed by atoms with Gasteiger partial charge in [-0.15, -0.1) is 0 Å². The van der Waals surface area contributed by atoms with Crippen molar-refractivity contribution < 1.29 is 27.5 Å². The van der Waals surface area contributed by atoms with Crippen molar-refractivity contribution in [1.29, 1.82) is 0 Å². The summed E-state index contributed by atoms with van der Waals surface area (Å²) in [7, 11) is 3.09. The van der Waals surface area contributed by atoms with E-state index in [-0.39, 0.29) is 23.8 Å². The summed E-state index contributed by atoms with van der Waals surface area (Å²) in [5.41, 5.74) is 2.42. The van der Waals surface area contributed by atoms with Crippen molar-refractivity contribution in [1.82, 2.24) is 9.47 Å². The Kier molecular flexibility index (Phi) is 7.61. The van der Waals surface area contributed by atoms with Gasteiger partial charge in [0.05, 0.1) is 24.7 Å². The van der Waals surface area contributed by atoms with Crippen LogP contribution in [0, 0.1) is 6.92 Å². The van der Waals surface area contributed by atoms with Gasteiger partial charge in [-0.2, -0.15) is 13.2 Å². The minimum Gasteiger partial charge on any atom is -0.496 e. The number of nitrogens with one attached hydrogen (secondary N) is 1. The first kappa shape index (κ1) is 26.3. The molecular formula is C28H30F3N3O3. The van der Waals surface area contributed by atoms with Crippen LogP contribution in [0.25, 0.3) is 0 Å². The monoisotopic (exact) mass is 513 g/mol. The van der Waals surface area contributed by atoms with Crippen LogP contribution in [-0.2, 0) is 24.4 Å². The maximum absolute atomic E-state index is 13.3. The predicted octanol–water partition coefficient (Wildman–Crippen LogP) is 5.56. The molecule has 1 fully saturated rings. The molecule has 3 aromatic rings. The Morgan fingerprint density at radius 3 is 2.32 bits per heavy atom. The van der Waals surface area contributed by atoms with Gasteiger partial charge < -0.3 is 19.5 Å². The van der Waals surface area contributed by atoms with E-state index in [0.717, 1.165) is 28.6 Å². The third-order valence-corrected chi connectivity index (χ3v) is 6.76. The molecule has 0 unspecified atom stereocenters. The predicted molar refractivity (Wildman–Crippen MR) is 135 cm³/mol. The van der Waals surface area contributed by atoms with Crippen molar-refractivity contribution in [2.45, 2.75) is 38.3 Å². The molecule has 1 aliphatic heterocycles. The largest absolute Gasteiger partial charge is 0.496 e. The van der Waals surface area contributed by atoms with Crippen LogP contribution in [0.5, 0.6) is 5.75 Å². The molecule has 2 amide bonds. The molecule has 9 heteroatoms. The number of anilines is 1. The average molecular weight is 514 g/mol. The number of halogens is 3. The topological polar surface area (TPSA) is 63.6 Å². The standard InChI is InChI=1S/C28H30F3N3O3/c1-18-14-19(4-9-25(18)37-3)15-26(35)32-22-7-5-20(6-8-22)21-10-12-34(13-11-21)27(36)23-16-33(2)17-24(23)28(29,30)31/h4-9,14,16-17,21H,10-13,15H2,1-3H3,(H,32,35). The Bertz CT molecular complexity index is 1270. The molecule has 0 saturated carbocycles. The van der Waals surface area contributed by atoms with Crippen molar-refractivity contribution >= 4 is 17.5 Å². The van der Waals surface area contributed by atoms with Gasteiger partial charge in [-0.1, -0.05) is 24.3 Å². The van der Waals surface area contributed by atoms with Crippen molar-refractivity contribution in [2.75, 3.05) is 25.5 Å². The van der Waals surface area contributed by atoms with E-state index in [2.05, 4.69) is 5.32 Å². The Hall–Kier alpha value is -3.75. The van der Waals surface area contributed by atoms with Gasteiger partial charge in [0.15, 0.2) is 0 Å². The number of hydrogen-bond acceptors (Lipinski definition) is 3. The number of methoxy groups -OCH3 is 1. The highest BCUT2D eigenvalue weighted by molar-refractivity contribution is 5.96. The first-order valence-electron chi connectivity index (χ1n) is 12.1. The van der Waals surface area contributed by atoms with Crippen LogP contribution >= 0.6 is 0 Å². The summed E-state index contributed by atoms with van der Waals surface area (Å²) in [4.78, 5) is 26.8. The van der Waals surface area contributed by atoms with Gasteiger partial charge in [0, 0.05) is 38.2 Å². The number of alkyl halides is 3. The van der Waals surface area contributed by atoms with Crippen molar-refractivity contribution in [3.05, 3.63) is 82.7 Å². The summed E-state index contributed by atoms with van der Waals surface area (Å²) in [6.07, 6.45) is -0.838. The highest BCUT2D eigenvalue weighted by Crippen LogP contribution is 2.35. The van der Waals surface area contributed by atoms with Gasteiger partial charge in [0.25, 0.3) is 5.91 Å². The zero-order chi connectivity index (χ0) is 26.7. The molecule has 0 aliphatic carbocycles. The van der Waals surface area contributed by atoms with Gasteiger partial charge in [0.1, 0.15) is 5.75 Å². The molecule has 6 nitrogen and oxygen atoms in total. The minimum absolute atomic E-state index is 0.122. The molecule has 1 N–H and O–H groups in total. The first-order chi connectivity index (χ1) is 17.5. The van der Waals surface area contributed by atoms with Gasteiger partial charge in [0.2, 0.25) is 5.91 Å². The maximum Gasteiger partial charge on any atom is 0.418 e. The van der Waals surface area contributed by atoms with Gasteiger partial charge in [-0.05, 0) is 60.6 Å². The smallest absolute Gasteiger partial charge is 0.418 e. The molecule has 2 aromatic carbocycles. The van der Waals surface area contributed by atoms with E-state index < -0.39 is 17.6 Å². The quantitative estimate of drug-likeness (QED) is 0.469. The van der Waals surface area contributed by atoms with E-state index in [1.807, 2.05) is 49.4 Å². The number of rotatable bonds is 6. The second-order valence-electron chi connectivity index (χ2n) is 9.47. The Morgan fingerprint density at radius 2 is 1.73 bits per heavy atom.